The fourth-order valence-electron chi connectivity index (χ4n) is 8.51. The summed E-state index contributed by atoms with van der Waals surface area (Å²) in [5.41, 5.74) is 5.37. The average Bonchev–Trinajstić information content (AvgIpc) is 3.36. The lowest BCUT2D eigenvalue weighted by Crippen LogP contribution is -2.29. The van der Waals surface area contributed by atoms with E-state index in [0.29, 0.717) is 6.42 Å². The Kier molecular flexibility index (Phi) is 55.2. The van der Waals surface area contributed by atoms with Gasteiger partial charge in [0.1, 0.15) is 6.61 Å². The van der Waals surface area contributed by atoms with E-state index in [1.165, 1.54) is 186 Å². The molecule has 0 rings (SSSR count). The fourth-order valence-corrected chi connectivity index (χ4v) is 9.27. The van der Waals surface area contributed by atoms with Crippen molar-refractivity contribution in [2.75, 3.05) is 26.4 Å². The number of carbonyl (C=O) groups is 2. The van der Waals surface area contributed by atoms with Crippen molar-refractivity contribution in [3.05, 3.63) is 60.8 Å². The van der Waals surface area contributed by atoms with Crippen LogP contribution in [0, 0.1) is 0 Å². The van der Waals surface area contributed by atoms with Gasteiger partial charge >= 0.3 is 19.8 Å². The lowest BCUT2D eigenvalue weighted by atomic mass is 10.0. The number of nitrogens with two attached hydrogens (primary N) is 1. The highest BCUT2D eigenvalue weighted by Crippen LogP contribution is 2.43. The number of carbonyl (C=O) groups excluding carboxylic acids is 2. The average molecular weight is 1020 g/mol. The van der Waals surface area contributed by atoms with E-state index >= 15 is 0 Å². The third-order valence-corrected chi connectivity index (χ3v) is 13.9. The highest BCUT2D eigenvalue weighted by Gasteiger charge is 2.26. The molecule has 0 aromatic rings. The van der Waals surface area contributed by atoms with E-state index in [4.69, 9.17) is 24.3 Å². The second-order valence-electron chi connectivity index (χ2n) is 19.8. The van der Waals surface area contributed by atoms with Gasteiger partial charge < -0.3 is 20.1 Å². The van der Waals surface area contributed by atoms with Crippen LogP contribution in [0.5, 0.6) is 0 Å². The van der Waals surface area contributed by atoms with E-state index < -0.39 is 26.5 Å². The number of hydrogen-bond acceptors (Lipinski definition) is 8. The second-order valence-corrected chi connectivity index (χ2v) is 21.3. The number of unbranched alkanes of at least 4 members (excludes halogenated alkanes) is 33. The maximum absolute atomic E-state index is 12.6. The van der Waals surface area contributed by atoms with Gasteiger partial charge in [-0.05, 0) is 77.0 Å². The van der Waals surface area contributed by atoms with Crippen LogP contribution in [0.1, 0.15) is 284 Å². The van der Waals surface area contributed by atoms with Crippen LogP contribution in [0.2, 0.25) is 0 Å². The molecule has 0 spiro atoms. The minimum Gasteiger partial charge on any atom is -0.462 e. The van der Waals surface area contributed by atoms with Gasteiger partial charge in [-0.25, -0.2) is 4.57 Å². The first-order valence-electron chi connectivity index (χ1n) is 29.8. The minimum absolute atomic E-state index is 0.0479. The lowest BCUT2D eigenvalue weighted by molar-refractivity contribution is -0.161. The van der Waals surface area contributed by atoms with Crippen LogP contribution in [0.3, 0.4) is 0 Å². The monoisotopic (exact) mass is 1020 g/mol. The molecule has 0 aliphatic carbocycles. The SMILES string of the molecule is CC/C=C\C/C=C\C/C=C\CCCCCC(=O)OC(COC(=O)CCCCCCCCCCCCCCCCCCCCCCCCCCC/C=C\C/C=C\CCCCCCC)COP(=O)(O)OCCN. The minimum atomic E-state index is -4.39. The second kappa shape index (κ2) is 57.0. The smallest absolute Gasteiger partial charge is 0.462 e. The molecule has 0 saturated carbocycles. The van der Waals surface area contributed by atoms with Crippen LogP contribution in [-0.2, 0) is 32.7 Å². The number of phosphoric acid groups is 1. The van der Waals surface area contributed by atoms with Crippen molar-refractivity contribution in [3.63, 3.8) is 0 Å². The molecule has 0 amide bonds. The number of hydrogen-bond donors (Lipinski definition) is 2. The van der Waals surface area contributed by atoms with Crippen LogP contribution >= 0.6 is 7.82 Å². The Morgan fingerprint density at radius 2 is 0.775 bits per heavy atom. The molecule has 2 atom stereocenters. The van der Waals surface area contributed by atoms with Crippen molar-refractivity contribution in [2.45, 2.75) is 290 Å². The van der Waals surface area contributed by atoms with Crippen molar-refractivity contribution in [3.8, 4) is 0 Å². The first-order valence-corrected chi connectivity index (χ1v) is 31.3. The Bertz CT molecular complexity index is 1350. The van der Waals surface area contributed by atoms with Gasteiger partial charge in [0, 0.05) is 19.4 Å². The molecule has 0 aromatic heterocycles. The zero-order valence-corrected chi connectivity index (χ0v) is 47.1. The highest BCUT2D eigenvalue weighted by molar-refractivity contribution is 7.47. The topological polar surface area (TPSA) is 134 Å². The predicted octanol–water partition coefficient (Wildman–Crippen LogP) is 18.7. The van der Waals surface area contributed by atoms with Crippen molar-refractivity contribution >= 4 is 19.8 Å². The van der Waals surface area contributed by atoms with E-state index in [1.807, 2.05) is 0 Å². The van der Waals surface area contributed by atoms with Gasteiger partial charge in [-0.1, -0.05) is 254 Å². The fraction of sp³-hybridized carbons (Fsp3) is 0.803. The maximum atomic E-state index is 12.6. The summed E-state index contributed by atoms with van der Waals surface area (Å²) in [5.74, 6) is -0.855. The number of rotatable bonds is 56. The van der Waals surface area contributed by atoms with Gasteiger partial charge in [0.05, 0.1) is 13.2 Å². The molecule has 0 fully saturated rings. The summed E-state index contributed by atoms with van der Waals surface area (Å²) in [6, 6.07) is 0. The molecule has 10 heteroatoms. The lowest BCUT2D eigenvalue weighted by Gasteiger charge is -2.19. The van der Waals surface area contributed by atoms with Crippen LogP contribution in [0.4, 0.5) is 0 Å². The van der Waals surface area contributed by atoms with E-state index in [-0.39, 0.29) is 38.6 Å². The summed E-state index contributed by atoms with van der Waals surface area (Å²) in [5, 5.41) is 0. The normalized spacial score (nSPS) is 13.5. The summed E-state index contributed by atoms with van der Waals surface area (Å²) >= 11 is 0. The third-order valence-electron chi connectivity index (χ3n) is 12.9. The first-order chi connectivity index (χ1) is 34.8. The van der Waals surface area contributed by atoms with Crippen LogP contribution in [0.25, 0.3) is 0 Å². The van der Waals surface area contributed by atoms with E-state index in [0.717, 1.165) is 64.2 Å². The number of allylic oxidation sites excluding steroid dienone is 10. The van der Waals surface area contributed by atoms with Crippen molar-refractivity contribution in [2.24, 2.45) is 5.73 Å². The molecule has 2 unspecified atom stereocenters. The molecule has 9 nitrogen and oxygen atoms in total. The van der Waals surface area contributed by atoms with E-state index in [9.17, 15) is 19.0 Å². The third kappa shape index (κ3) is 56.9. The van der Waals surface area contributed by atoms with Gasteiger partial charge in [0.15, 0.2) is 6.10 Å². The summed E-state index contributed by atoms with van der Waals surface area (Å²) in [6.07, 6.45) is 71.8. The zero-order chi connectivity index (χ0) is 51.7. The molecule has 0 bridgehead atoms. The molecule has 0 heterocycles. The molecule has 0 aliphatic heterocycles. The molecule has 0 aliphatic rings. The van der Waals surface area contributed by atoms with Crippen molar-refractivity contribution in [1.29, 1.82) is 0 Å². The molecule has 0 saturated heterocycles. The van der Waals surface area contributed by atoms with Gasteiger partial charge in [-0.2, -0.15) is 0 Å². The van der Waals surface area contributed by atoms with Gasteiger partial charge in [-0.15, -0.1) is 0 Å². The Balaban J connectivity index is 3.76. The Labute approximate surface area is 438 Å². The van der Waals surface area contributed by atoms with Crippen LogP contribution in [0.15, 0.2) is 60.8 Å². The predicted molar refractivity (Wildman–Crippen MR) is 303 cm³/mol. The largest absolute Gasteiger partial charge is 0.472 e. The molecule has 71 heavy (non-hydrogen) atoms. The highest BCUT2D eigenvalue weighted by atomic mass is 31.2. The Morgan fingerprint density at radius 1 is 0.437 bits per heavy atom. The number of phosphoric ester groups is 1. The van der Waals surface area contributed by atoms with Gasteiger partial charge in [-0.3, -0.25) is 18.6 Å². The zero-order valence-electron chi connectivity index (χ0n) is 46.2. The molecule has 0 radical (unpaired) electrons. The molecular weight excluding hydrogens is 906 g/mol. The number of ether oxygens (including phenoxy) is 2. The van der Waals surface area contributed by atoms with Crippen LogP contribution < -0.4 is 5.73 Å². The quantitative estimate of drug-likeness (QED) is 0.0264. The molecule has 414 valence electrons. The van der Waals surface area contributed by atoms with Crippen molar-refractivity contribution < 1.29 is 37.6 Å². The summed E-state index contributed by atoms with van der Waals surface area (Å²) in [6.45, 7) is 3.60. The maximum Gasteiger partial charge on any atom is 0.472 e. The van der Waals surface area contributed by atoms with Crippen LogP contribution in [-0.4, -0.2) is 49.3 Å². The van der Waals surface area contributed by atoms with Crippen molar-refractivity contribution in [1.82, 2.24) is 0 Å². The Morgan fingerprint density at radius 3 is 1.17 bits per heavy atom. The van der Waals surface area contributed by atoms with E-state index in [1.54, 1.807) is 0 Å². The Hall–Kier alpha value is -2.29. The molecule has 3 N–H and O–H groups in total. The van der Waals surface area contributed by atoms with E-state index in [2.05, 4.69) is 74.6 Å². The summed E-state index contributed by atoms with van der Waals surface area (Å²) < 4.78 is 32.9. The van der Waals surface area contributed by atoms with Gasteiger partial charge in [0.2, 0.25) is 0 Å². The molecule has 0 aromatic carbocycles. The number of esters is 2. The molecular formula is C61H112NO8P. The standard InChI is InChI=1S/C61H112NO8P/c1-3-5-7-9-11-13-15-17-18-19-20-21-22-23-24-25-26-27-28-29-30-31-32-33-34-35-36-37-38-39-40-42-43-45-47-49-51-53-60(63)67-57-59(58-69-71(65,66)68-56-55-62)70-61(64)54-52-50-48-46-44-41-16-14-12-10-8-6-4-2/h6,8,12,14-15,17,19-20,41,44,59H,3-5,7,9-11,13,16,18,21-40,42-43,45-58,62H2,1-2H3,(H,65,66)/b8-6-,14-12-,17-15-,20-19-,44-41-. The summed E-state index contributed by atoms with van der Waals surface area (Å²) in [7, 11) is -4.39. The first kappa shape index (κ1) is 68.7. The summed E-state index contributed by atoms with van der Waals surface area (Å²) in [4.78, 5) is 35.0. The van der Waals surface area contributed by atoms with Gasteiger partial charge in [0.25, 0.3) is 0 Å².